The van der Waals surface area contributed by atoms with E-state index in [2.05, 4.69) is 4.74 Å². The van der Waals surface area contributed by atoms with Crippen molar-refractivity contribution < 1.29 is 27.1 Å². The van der Waals surface area contributed by atoms with E-state index in [-0.39, 0.29) is 0 Å². The van der Waals surface area contributed by atoms with E-state index in [1.54, 1.807) is 0 Å². The maximum absolute atomic E-state index is 9.19. The van der Waals surface area contributed by atoms with Crippen LogP contribution in [0, 0.1) is 6.85 Å². The molecule has 0 atom stereocenters. The smallest absolute Gasteiger partial charge is 0.492 e. The van der Waals surface area contributed by atoms with Gasteiger partial charge < -0.3 is 14.8 Å². The van der Waals surface area contributed by atoms with E-state index in [1.165, 1.54) is 0 Å². The predicted molar refractivity (Wildman–Crippen MR) is 47.6 cm³/mol. The summed E-state index contributed by atoms with van der Waals surface area (Å²) >= 11 is 0. The van der Waals surface area contributed by atoms with Crippen LogP contribution in [0.25, 0.3) is 0 Å². The SMILES string of the molecule is [2H]c1c([2H])c(C([2H])([2H])[2H])c([2H])c(OC([2H])([2H])[2H])c1B(O)O. The summed E-state index contributed by atoms with van der Waals surface area (Å²) in [5.74, 6) is -0.961. The summed E-state index contributed by atoms with van der Waals surface area (Å²) < 4.78 is 69.9. The van der Waals surface area contributed by atoms with E-state index in [0.717, 1.165) is 0 Å². The van der Waals surface area contributed by atoms with E-state index in [1.807, 2.05) is 0 Å². The zero-order valence-electron chi connectivity index (χ0n) is 14.9. The van der Waals surface area contributed by atoms with Crippen LogP contribution >= 0.6 is 0 Å². The average molecular weight is 175 g/mol. The fraction of sp³-hybridized carbons (Fsp3) is 0.250. The molecule has 0 aliphatic carbocycles. The lowest BCUT2D eigenvalue weighted by molar-refractivity contribution is 0.403. The Morgan fingerprint density at radius 2 is 2.42 bits per heavy atom. The van der Waals surface area contributed by atoms with Crippen molar-refractivity contribution in [3.8, 4) is 5.75 Å². The highest BCUT2D eigenvalue weighted by atomic mass is 16.5. The summed E-state index contributed by atoms with van der Waals surface area (Å²) in [6.07, 6.45) is 0. The molecule has 0 aliphatic heterocycles. The van der Waals surface area contributed by atoms with Crippen LogP contribution in [-0.4, -0.2) is 24.2 Å². The monoisotopic (exact) mass is 175 g/mol. The second kappa shape index (κ2) is 3.60. The zero-order valence-corrected chi connectivity index (χ0v) is 5.88. The Labute approximate surface area is 84.4 Å². The molecule has 0 aliphatic rings. The van der Waals surface area contributed by atoms with Gasteiger partial charge in [-0.05, 0) is 18.5 Å². The summed E-state index contributed by atoms with van der Waals surface area (Å²) in [5, 5.41) is 18.4. The van der Waals surface area contributed by atoms with Crippen molar-refractivity contribution >= 4 is 12.6 Å². The summed E-state index contributed by atoms with van der Waals surface area (Å²) in [7, 11) is -5.49. The Balaban J connectivity index is 3.78. The molecule has 0 saturated heterocycles. The van der Waals surface area contributed by atoms with Crippen LogP contribution in [-0.2, 0) is 0 Å². The third-order valence-corrected chi connectivity index (χ3v) is 1.17. The van der Waals surface area contributed by atoms with Crippen LogP contribution in [0.3, 0.4) is 0 Å². The predicted octanol–water partition coefficient (Wildman–Crippen LogP) is -0.317. The van der Waals surface area contributed by atoms with Crippen molar-refractivity contribution in [1.29, 1.82) is 0 Å². The van der Waals surface area contributed by atoms with Crippen LogP contribution in [0.2, 0.25) is 0 Å². The Bertz CT molecular complexity index is 552. The van der Waals surface area contributed by atoms with Crippen molar-refractivity contribution in [2.75, 3.05) is 7.04 Å². The van der Waals surface area contributed by atoms with E-state index in [4.69, 9.17) is 12.3 Å². The van der Waals surface area contributed by atoms with Gasteiger partial charge in [-0.2, -0.15) is 0 Å². The van der Waals surface area contributed by atoms with E-state index in [9.17, 15) is 10.0 Å². The largest absolute Gasteiger partial charge is 0.497 e. The molecule has 1 aromatic rings. The highest BCUT2D eigenvalue weighted by Gasteiger charge is 2.15. The average Bonchev–Trinajstić information content (AvgIpc) is 2.21. The molecule has 0 unspecified atom stereocenters. The van der Waals surface area contributed by atoms with Gasteiger partial charge in [0.15, 0.2) is 0 Å². The first-order chi connectivity index (χ1) is 9.27. The number of methoxy groups -OCH3 is 1. The summed E-state index contributed by atoms with van der Waals surface area (Å²) in [4.78, 5) is 0. The van der Waals surface area contributed by atoms with Gasteiger partial charge in [0.25, 0.3) is 0 Å². The Hall–Kier alpha value is -0.995. The lowest BCUT2D eigenvalue weighted by Crippen LogP contribution is -2.31. The molecule has 0 aromatic heterocycles. The molecule has 0 saturated carbocycles. The fourth-order valence-corrected chi connectivity index (χ4v) is 0.661. The van der Waals surface area contributed by atoms with Crippen molar-refractivity contribution in [2.45, 2.75) is 6.85 Å². The van der Waals surface area contributed by atoms with Gasteiger partial charge in [0, 0.05) is 9.58 Å². The third-order valence-electron chi connectivity index (χ3n) is 1.17. The minimum absolute atomic E-state index is 0.839. The number of hydrogen-bond donors (Lipinski definition) is 2. The van der Waals surface area contributed by atoms with E-state index in [0.29, 0.717) is 0 Å². The van der Waals surface area contributed by atoms with Gasteiger partial charge in [-0.25, -0.2) is 0 Å². The number of ether oxygens (including phenoxy) is 1. The van der Waals surface area contributed by atoms with Gasteiger partial charge in [0.2, 0.25) is 0 Å². The molecule has 0 fully saturated rings. The van der Waals surface area contributed by atoms with E-state index >= 15 is 0 Å². The van der Waals surface area contributed by atoms with Gasteiger partial charge in [-0.15, -0.1) is 0 Å². The molecule has 1 aromatic carbocycles. The minimum atomic E-state index is -3.10. The summed E-state index contributed by atoms with van der Waals surface area (Å²) in [6, 6.07) is -2.83. The quantitative estimate of drug-likeness (QED) is 0.606. The lowest BCUT2D eigenvalue weighted by Gasteiger charge is -2.07. The molecular weight excluding hydrogens is 155 g/mol. The molecule has 0 heterocycles. The molecule has 3 nitrogen and oxygen atoms in total. The van der Waals surface area contributed by atoms with Gasteiger partial charge >= 0.3 is 7.12 Å². The van der Waals surface area contributed by atoms with Gasteiger partial charge in [-0.3, -0.25) is 0 Å². The first-order valence-corrected chi connectivity index (χ1v) is 2.96. The van der Waals surface area contributed by atoms with Crippen LogP contribution < -0.4 is 10.2 Å². The standard InChI is InChI=1S/C8H11BO3/c1-6-3-4-7(9(10)11)8(5-6)12-2/h3-5,10-11H,1-2H3/i1D3,2D3,3D,4D,5D. The van der Waals surface area contributed by atoms with Gasteiger partial charge in [-0.1, -0.05) is 12.1 Å². The summed E-state index contributed by atoms with van der Waals surface area (Å²) in [6.45, 7) is -2.96. The van der Waals surface area contributed by atoms with E-state index < -0.39 is 55.9 Å². The number of benzene rings is 1. The molecule has 0 bridgehead atoms. The molecule has 0 amide bonds. The lowest BCUT2D eigenvalue weighted by atomic mass is 9.79. The Kier molecular flexibility index (Phi) is 0.827. The molecule has 0 spiro atoms. The number of hydrogen-bond acceptors (Lipinski definition) is 3. The van der Waals surface area contributed by atoms with Crippen LogP contribution in [0.1, 0.15) is 17.9 Å². The molecule has 64 valence electrons. The van der Waals surface area contributed by atoms with Crippen molar-refractivity contribution in [3.05, 3.63) is 23.7 Å². The second-order valence-electron chi connectivity index (χ2n) is 1.97. The van der Waals surface area contributed by atoms with Gasteiger partial charge in [0.05, 0.1) is 15.3 Å². The second-order valence-corrected chi connectivity index (χ2v) is 1.97. The maximum atomic E-state index is 9.19. The van der Waals surface area contributed by atoms with Crippen LogP contribution in [0.5, 0.6) is 5.75 Å². The highest BCUT2D eigenvalue weighted by Crippen LogP contribution is 2.09. The summed E-state index contributed by atoms with van der Waals surface area (Å²) in [5.41, 5.74) is -1.73. The maximum Gasteiger partial charge on any atom is 0.492 e. The van der Waals surface area contributed by atoms with Crippen LogP contribution in [0.15, 0.2) is 18.1 Å². The van der Waals surface area contributed by atoms with Gasteiger partial charge in [0.1, 0.15) is 5.75 Å². The highest BCUT2D eigenvalue weighted by molar-refractivity contribution is 6.59. The first kappa shape index (κ1) is 2.75. The Morgan fingerprint density at radius 3 is 3.00 bits per heavy atom. The fourth-order valence-electron chi connectivity index (χ4n) is 0.661. The van der Waals surface area contributed by atoms with Crippen molar-refractivity contribution in [3.63, 3.8) is 0 Å². The third kappa shape index (κ3) is 1.78. The molecule has 2 N–H and O–H groups in total. The van der Waals surface area contributed by atoms with Crippen molar-refractivity contribution in [1.82, 2.24) is 0 Å². The normalized spacial score (nSPS) is 22.7. The molecule has 1 rings (SSSR count). The Morgan fingerprint density at radius 1 is 1.58 bits per heavy atom. The topological polar surface area (TPSA) is 49.7 Å². The molecule has 4 heteroatoms. The zero-order chi connectivity index (χ0) is 16.7. The first-order valence-electron chi connectivity index (χ1n) is 7.46. The minimum Gasteiger partial charge on any atom is -0.497 e. The molecular formula is C8H11BO3. The molecule has 0 radical (unpaired) electrons. The molecule has 12 heavy (non-hydrogen) atoms. The van der Waals surface area contributed by atoms with Crippen molar-refractivity contribution in [2.24, 2.45) is 0 Å². The van der Waals surface area contributed by atoms with Crippen LogP contribution in [0.4, 0.5) is 0 Å². The number of rotatable bonds is 2.